The van der Waals surface area contributed by atoms with Crippen molar-refractivity contribution in [2.24, 2.45) is 10.9 Å². The molecule has 0 aliphatic heterocycles. The average Bonchev–Trinajstić information content (AvgIpc) is 2.87. The summed E-state index contributed by atoms with van der Waals surface area (Å²) in [5, 5.41) is 0.576. The summed E-state index contributed by atoms with van der Waals surface area (Å²) >= 11 is 13.1. The lowest BCUT2D eigenvalue weighted by molar-refractivity contribution is 0.102. The van der Waals surface area contributed by atoms with Crippen molar-refractivity contribution in [3.05, 3.63) is 44.2 Å². The number of ketones is 1. The molecule has 138 valence electrons. The van der Waals surface area contributed by atoms with Gasteiger partial charge in [0.25, 0.3) is 0 Å². The highest BCUT2D eigenvalue weighted by atomic mass is 35.5. The number of hydrogen-bond acceptors (Lipinski definition) is 4. The summed E-state index contributed by atoms with van der Waals surface area (Å²) < 4.78 is 7.52. The molecule has 0 saturated heterocycles. The topological polar surface area (TPSA) is 43.6 Å². The maximum absolute atomic E-state index is 12.0. The average molecular weight is 409 g/mol. The van der Waals surface area contributed by atoms with Gasteiger partial charge in [-0.3, -0.25) is 4.79 Å². The predicted octanol–water partition coefficient (Wildman–Crippen LogP) is 4.80. The first kappa shape index (κ1) is 19.3. The number of thiocarbonyl (C=S) groups is 1. The van der Waals surface area contributed by atoms with Gasteiger partial charge in [-0.2, -0.15) is 0 Å². The smallest absolute Gasteiger partial charge is 0.191 e. The number of aromatic nitrogens is 1. The van der Waals surface area contributed by atoms with Crippen LogP contribution >= 0.6 is 35.2 Å². The fourth-order valence-corrected chi connectivity index (χ4v) is 4.56. The van der Waals surface area contributed by atoms with Crippen LogP contribution in [0.5, 0.6) is 5.75 Å². The predicted molar refractivity (Wildman–Crippen MR) is 110 cm³/mol. The Balaban J connectivity index is 2.06. The van der Waals surface area contributed by atoms with Crippen LogP contribution in [0.25, 0.3) is 0 Å². The van der Waals surface area contributed by atoms with Crippen LogP contribution in [0, 0.1) is 12.8 Å². The minimum Gasteiger partial charge on any atom is -0.496 e. The van der Waals surface area contributed by atoms with Gasteiger partial charge in [0.05, 0.1) is 17.6 Å². The number of carbonyl (C=O) groups is 1. The molecule has 26 heavy (non-hydrogen) atoms. The van der Waals surface area contributed by atoms with Crippen LogP contribution in [0.4, 0.5) is 0 Å². The van der Waals surface area contributed by atoms with E-state index in [9.17, 15) is 4.79 Å². The number of rotatable bonds is 5. The molecule has 0 amide bonds. The van der Waals surface area contributed by atoms with Gasteiger partial charge in [0.1, 0.15) is 10.7 Å². The molecule has 0 spiro atoms. The Labute approximate surface area is 167 Å². The van der Waals surface area contributed by atoms with Crippen molar-refractivity contribution < 1.29 is 9.53 Å². The van der Waals surface area contributed by atoms with Gasteiger partial charge in [-0.1, -0.05) is 41.6 Å². The summed E-state index contributed by atoms with van der Waals surface area (Å²) in [7, 11) is 1.59. The third kappa shape index (κ3) is 3.92. The first-order valence-corrected chi connectivity index (χ1v) is 10.1. The van der Waals surface area contributed by atoms with E-state index in [4.69, 9.17) is 28.6 Å². The van der Waals surface area contributed by atoms with Crippen molar-refractivity contribution in [1.82, 2.24) is 4.57 Å². The Morgan fingerprint density at radius 1 is 1.46 bits per heavy atom. The number of hydrogen-bond donors (Lipinski definition) is 0. The zero-order valence-corrected chi connectivity index (χ0v) is 17.4. The second-order valence-electron chi connectivity index (χ2n) is 6.52. The molecule has 4 nitrogen and oxygen atoms in total. The molecule has 1 fully saturated rings. The van der Waals surface area contributed by atoms with Crippen molar-refractivity contribution in [3.63, 3.8) is 0 Å². The summed E-state index contributed by atoms with van der Waals surface area (Å²) in [6.45, 7) is 4.45. The second kappa shape index (κ2) is 8.03. The summed E-state index contributed by atoms with van der Waals surface area (Å²) in [5.41, 5.74) is 1.65. The van der Waals surface area contributed by atoms with Crippen LogP contribution in [0.1, 0.15) is 47.1 Å². The molecular formula is C19H21ClN2O2S2. The summed E-state index contributed by atoms with van der Waals surface area (Å²) in [6.07, 6.45) is 3.73. The van der Waals surface area contributed by atoms with E-state index in [2.05, 4.69) is 9.56 Å². The minimum absolute atomic E-state index is 0.0579. The number of halogens is 1. The fraction of sp³-hybridized carbons (Fsp3) is 0.421. The molecule has 0 atom stereocenters. The molecule has 1 aromatic heterocycles. The molecule has 0 N–H and O–H groups in total. The van der Waals surface area contributed by atoms with Crippen molar-refractivity contribution in [2.75, 3.05) is 7.11 Å². The lowest BCUT2D eigenvalue weighted by Gasteiger charge is -2.26. The monoisotopic (exact) mass is 408 g/mol. The maximum atomic E-state index is 12.0. The highest BCUT2D eigenvalue weighted by Crippen LogP contribution is 2.29. The van der Waals surface area contributed by atoms with Crippen LogP contribution in [-0.4, -0.2) is 22.4 Å². The van der Waals surface area contributed by atoms with Gasteiger partial charge >= 0.3 is 0 Å². The van der Waals surface area contributed by atoms with Gasteiger partial charge in [-0.25, -0.2) is 4.99 Å². The molecule has 0 radical (unpaired) electrons. The molecular weight excluding hydrogens is 388 g/mol. The number of ether oxygens (including phenoxy) is 1. The SMILES string of the molecule is COc1ccc(Cl)cc1C(=S)N=c1sc(C(C)=O)c(C)n1CC1CCC1. The van der Waals surface area contributed by atoms with Gasteiger partial charge in [-0.15, -0.1) is 0 Å². The number of Topliss-reactive ketones (excluding diaryl/α,β-unsaturated/α-hetero) is 1. The fourth-order valence-electron chi connectivity index (χ4n) is 3.04. The Kier molecular flexibility index (Phi) is 5.95. The number of nitrogens with zero attached hydrogens (tertiary/aromatic N) is 2. The van der Waals surface area contributed by atoms with Crippen molar-refractivity contribution in [3.8, 4) is 5.75 Å². The zero-order valence-electron chi connectivity index (χ0n) is 15.0. The molecule has 1 aliphatic carbocycles. The van der Waals surface area contributed by atoms with Crippen LogP contribution < -0.4 is 9.54 Å². The van der Waals surface area contributed by atoms with E-state index in [1.165, 1.54) is 30.6 Å². The van der Waals surface area contributed by atoms with Crippen LogP contribution in [0.3, 0.4) is 0 Å². The molecule has 1 aromatic carbocycles. The van der Waals surface area contributed by atoms with Gasteiger partial charge in [0, 0.05) is 24.2 Å². The van der Waals surface area contributed by atoms with Crippen LogP contribution in [0.15, 0.2) is 23.2 Å². The first-order valence-electron chi connectivity index (χ1n) is 8.54. The third-order valence-corrected chi connectivity index (χ3v) is 6.56. The number of thiazole rings is 1. The van der Waals surface area contributed by atoms with Gasteiger partial charge in [0.15, 0.2) is 10.6 Å². The minimum atomic E-state index is 0.0579. The maximum Gasteiger partial charge on any atom is 0.191 e. The second-order valence-corrected chi connectivity index (χ2v) is 8.33. The zero-order chi connectivity index (χ0) is 18.8. The summed E-state index contributed by atoms with van der Waals surface area (Å²) in [5.74, 6) is 1.34. The standard InChI is InChI=1S/C19H21ClN2O2S2/c1-11-17(12(2)23)26-19(22(11)10-13-5-4-6-13)21-18(25)15-9-14(20)7-8-16(15)24-3/h7-9,13H,4-6,10H2,1-3H3. The molecule has 1 heterocycles. The van der Waals surface area contributed by atoms with E-state index in [0.29, 0.717) is 27.2 Å². The van der Waals surface area contributed by atoms with Crippen molar-refractivity contribution in [2.45, 2.75) is 39.7 Å². The van der Waals surface area contributed by atoms with Crippen molar-refractivity contribution in [1.29, 1.82) is 0 Å². The lowest BCUT2D eigenvalue weighted by Crippen LogP contribution is -2.26. The molecule has 1 saturated carbocycles. The normalized spacial score (nSPS) is 15.0. The quantitative estimate of drug-likeness (QED) is 0.527. The summed E-state index contributed by atoms with van der Waals surface area (Å²) in [6, 6.07) is 5.30. The Bertz CT molecular complexity index is 926. The number of benzene rings is 1. The first-order chi connectivity index (χ1) is 12.4. The van der Waals surface area contributed by atoms with Gasteiger partial charge in [-0.05, 0) is 43.9 Å². The molecule has 2 aromatic rings. The van der Waals surface area contributed by atoms with Gasteiger partial charge < -0.3 is 9.30 Å². The Morgan fingerprint density at radius 3 is 2.77 bits per heavy atom. The van der Waals surface area contributed by atoms with E-state index in [1.54, 1.807) is 32.2 Å². The lowest BCUT2D eigenvalue weighted by atomic mass is 9.85. The number of methoxy groups -OCH3 is 1. The van der Waals surface area contributed by atoms with Crippen molar-refractivity contribution >= 4 is 45.9 Å². The van der Waals surface area contributed by atoms with E-state index in [0.717, 1.165) is 21.9 Å². The largest absolute Gasteiger partial charge is 0.496 e. The van der Waals surface area contributed by atoms with Crippen LogP contribution in [-0.2, 0) is 6.54 Å². The summed E-state index contributed by atoms with van der Waals surface area (Å²) in [4.78, 5) is 18.6. The Hall–Kier alpha value is -1.50. The van der Waals surface area contributed by atoms with E-state index < -0.39 is 0 Å². The van der Waals surface area contributed by atoms with E-state index in [-0.39, 0.29) is 5.78 Å². The van der Waals surface area contributed by atoms with E-state index in [1.807, 2.05) is 6.92 Å². The highest BCUT2D eigenvalue weighted by Gasteiger charge is 2.22. The van der Waals surface area contributed by atoms with Gasteiger partial charge in [0.2, 0.25) is 0 Å². The van der Waals surface area contributed by atoms with E-state index >= 15 is 0 Å². The third-order valence-electron chi connectivity index (χ3n) is 4.73. The number of carbonyl (C=O) groups excluding carboxylic acids is 1. The molecule has 0 unspecified atom stereocenters. The Morgan fingerprint density at radius 2 is 2.19 bits per heavy atom. The molecule has 3 rings (SSSR count). The van der Waals surface area contributed by atoms with Crippen LogP contribution in [0.2, 0.25) is 5.02 Å². The molecule has 1 aliphatic rings. The molecule has 0 bridgehead atoms. The highest BCUT2D eigenvalue weighted by molar-refractivity contribution is 7.80. The molecule has 7 heteroatoms.